The van der Waals surface area contributed by atoms with Crippen LogP contribution in [0, 0.1) is 0 Å². The Labute approximate surface area is 84.0 Å². The van der Waals surface area contributed by atoms with Crippen molar-refractivity contribution in [3.05, 3.63) is 28.1 Å². The summed E-state index contributed by atoms with van der Waals surface area (Å²) in [6.45, 7) is -0.0816. The number of rotatable bonds is 1. The maximum atomic E-state index is 9.41. The van der Waals surface area contributed by atoms with Crippen LogP contribution in [0.4, 0.5) is 0 Å². The number of fused-ring (bicyclic) bond motifs is 1. The SMILES string of the molecule is OCc1cc(O)c(Cl)c2ccsc12. The first-order valence-electron chi connectivity index (χ1n) is 3.72. The van der Waals surface area contributed by atoms with Crippen molar-refractivity contribution in [3.8, 4) is 5.75 Å². The van der Waals surface area contributed by atoms with Crippen molar-refractivity contribution in [2.24, 2.45) is 0 Å². The maximum absolute atomic E-state index is 9.41. The van der Waals surface area contributed by atoms with Crippen LogP contribution in [0.3, 0.4) is 0 Å². The monoisotopic (exact) mass is 214 g/mol. The average Bonchev–Trinajstić information content (AvgIpc) is 2.60. The molecule has 2 N–H and O–H groups in total. The van der Waals surface area contributed by atoms with Crippen molar-refractivity contribution in [1.82, 2.24) is 0 Å². The predicted molar refractivity (Wildman–Crippen MR) is 54.4 cm³/mol. The molecule has 1 aromatic carbocycles. The molecule has 4 heteroatoms. The topological polar surface area (TPSA) is 40.5 Å². The molecule has 0 fully saturated rings. The highest BCUT2D eigenvalue weighted by atomic mass is 35.5. The molecule has 1 heterocycles. The number of phenolic OH excluding ortho intramolecular Hbond substituents is 1. The molecule has 13 heavy (non-hydrogen) atoms. The molecule has 0 aliphatic heterocycles. The molecule has 0 saturated heterocycles. The van der Waals surface area contributed by atoms with Crippen LogP contribution < -0.4 is 0 Å². The predicted octanol–water partition coefficient (Wildman–Crippen LogP) is 2.75. The van der Waals surface area contributed by atoms with E-state index in [0.29, 0.717) is 10.6 Å². The molecule has 0 aliphatic rings. The Balaban J connectivity index is 2.87. The van der Waals surface area contributed by atoms with Gasteiger partial charge in [0, 0.05) is 10.1 Å². The second-order valence-electron chi connectivity index (χ2n) is 2.69. The van der Waals surface area contributed by atoms with Gasteiger partial charge in [-0.25, -0.2) is 0 Å². The van der Waals surface area contributed by atoms with Gasteiger partial charge in [-0.1, -0.05) is 11.6 Å². The van der Waals surface area contributed by atoms with Crippen LogP contribution in [-0.4, -0.2) is 10.2 Å². The highest BCUT2D eigenvalue weighted by Crippen LogP contribution is 2.37. The molecule has 0 spiro atoms. The Morgan fingerprint density at radius 2 is 2.23 bits per heavy atom. The van der Waals surface area contributed by atoms with Gasteiger partial charge in [-0.05, 0) is 23.1 Å². The second kappa shape index (κ2) is 3.18. The largest absolute Gasteiger partial charge is 0.506 e. The molecular formula is C9H7ClO2S. The van der Waals surface area contributed by atoms with Crippen LogP contribution in [0.15, 0.2) is 17.5 Å². The lowest BCUT2D eigenvalue weighted by Crippen LogP contribution is -1.83. The van der Waals surface area contributed by atoms with E-state index in [1.165, 1.54) is 17.4 Å². The van der Waals surface area contributed by atoms with Gasteiger partial charge in [0.2, 0.25) is 0 Å². The van der Waals surface area contributed by atoms with Crippen molar-refractivity contribution in [1.29, 1.82) is 0 Å². The smallest absolute Gasteiger partial charge is 0.135 e. The number of aliphatic hydroxyl groups excluding tert-OH is 1. The first-order chi connectivity index (χ1) is 6.24. The maximum Gasteiger partial charge on any atom is 0.135 e. The summed E-state index contributed by atoms with van der Waals surface area (Å²) in [6.07, 6.45) is 0. The van der Waals surface area contributed by atoms with Crippen molar-refractivity contribution in [2.75, 3.05) is 0 Å². The number of hydrogen-bond acceptors (Lipinski definition) is 3. The highest BCUT2D eigenvalue weighted by molar-refractivity contribution is 7.17. The molecule has 0 bridgehead atoms. The van der Waals surface area contributed by atoms with Gasteiger partial charge < -0.3 is 10.2 Å². The van der Waals surface area contributed by atoms with E-state index >= 15 is 0 Å². The summed E-state index contributed by atoms with van der Waals surface area (Å²) >= 11 is 7.38. The zero-order valence-corrected chi connectivity index (χ0v) is 8.19. The van der Waals surface area contributed by atoms with Gasteiger partial charge in [-0.3, -0.25) is 0 Å². The summed E-state index contributed by atoms with van der Waals surface area (Å²) in [6, 6.07) is 3.34. The second-order valence-corrected chi connectivity index (χ2v) is 3.98. The number of aromatic hydroxyl groups is 1. The quantitative estimate of drug-likeness (QED) is 0.767. The third kappa shape index (κ3) is 1.29. The molecule has 0 unspecified atom stereocenters. The van der Waals surface area contributed by atoms with E-state index in [-0.39, 0.29) is 12.4 Å². The molecule has 0 atom stereocenters. The Hall–Kier alpha value is -0.770. The van der Waals surface area contributed by atoms with Crippen LogP contribution in [0.1, 0.15) is 5.56 Å². The Morgan fingerprint density at radius 1 is 1.46 bits per heavy atom. The van der Waals surface area contributed by atoms with Gasteiger partial charge in [-0.2, -0.15) is 0 Å². The molecule has 0 saturated carbocycles. The molecule has 0 aliphatic carbocycles. The van der Waals surface area contributed by atoms with Crippen molar-refractivity contribution in [2.45, 2.75) is 6.61 Å². The standard InChI is InChI=1S/C9H7ClO2S/c10-8-6-1-2-13-9(6)5(4-11)3-7(8)12/h1-3,11-12H,4H2. The fourth-order valence-electron chi connectivity index (χ4n) is 1.28. The molecular weight excluding hydrogens is 208 g/mol. The minimum absolute atomic E-state index is 0.0246. The van der Waals surface area contributed by atoms with Crippen molar-refractivity contribution >= 4 is 33.0 Å². The summed E-state index contributed by atoms with van der Waals surface area (Å²) in [7, 11) is 0. The zero-order valence-electron chi connectivity index (χ0n) is 6.62. The molecule has 68 valence electrons. The molecule has 2 nitrogen and oxygen atoms in total. The third-order valence-corrected chi connectivity index (χ3v) is 3.29. The van der Waals surface area contributed by atoms with E-state index in [1.54, 1.807) is 0 Å². The van der Waals surface area contributed by atoms with Crippen LogP contribution in [0.2, 0.25) is 5.02 Å². The van der Waals surface area contributed by atoms with Gasteiger partial charge in [0.05, 0.1) is 11.6 Å². The number of thiophene rings is 1. The summed E-state index contributed by atoms with van der Waals surface area (Å²) in [4.78, 5) is 0. The molecule has 2 aromatic rings. The number of hydrogen-bond donors (Lipinski definition) is 2. The van der Waals surface area contributed by atoms with Gasteiger partial charge in [0.1, 0.15) is 5.75 Å². The minimum atomic E-state index is -0.0816. The van der Waals surface area contributed by atoms with Crippen LogP contribution in [0.25, 0.3) is 10.1 Å². The van der Waals surface area contributed by atoms with E-state index in [2.05, 4.69) is 0 Å². The van der Waals surface area contributed by atoms with E-state index in [9.17, 15) is 5.11 Å². The number of halogens is 1. The third-order valence-electron chi connectivity index (χ3n) is 1.90. The lowest BCUT2D eigenvalue weighted by atomic mass is 10.1. The number of phenols is 1. The van der Waals surface area contributed by atoms with Crippen molar-refractivity contribution < 1.29 is 10.2 Å². The van der Waals surface area contributed by atoms with Gasteiger partial charge in [0.25, 0.3) is 0 Å². The summed E-state index contributed by atoms with van der Waals surface area (Å²) in [5.41, 5.74) is 0.715. The lowest BCUT2D eigenvalue weighted by Gasteiger charge is -2.02. The summed E-state index contributed by atoms with van der Waals surface area (Å²) < 4.78 is 0.935. The first-order valence-corrected chi connectivity index (χ1v) is 4.98. The fraction of sp³-hybridized carbons (Fsp3) is 0.111. The number of aliphatic hydroxyl groups is 1. The van der Waals surface area contributed by atoms with Crippen LogP contribution in [0.5, 0.6) is 5.75 Å². The molecule has 0 radical (unpaired) electrons. The summed E-state index contributed by atoms with van der Waals surface area (Å²) in [5, 5.41) is 21.5. The average molecular weight is 215 g/mol. The van der Waals surface area contributed by atoms with Gasteiger partial charge >= 0.3 is 0 Å². The fourth-order valence-corrected chi connectivity index (χ4v) is 2.46. The minimum Gasteiger partial charge on any atom is -0.506 e. The zero-order chi connectivity index (χ0) is 9.42. The summed E-state index contributed by atoms with van der Waals surface area (Å²) in [5.74, 6) is 0.0246. The molecule has 1 aromatic heterocycles. The van der Waals surface area contributed by atoms with Crippen molar-refractivity contribution in [3.63, 3.8) is 0 Å². The van der Waals surface area contributed by atoms with Crippen LogP contribution >= 0.6 is 22.9 Å². The van der Waals surface area contributed by atoms with Gasteiger partial charge in [0.15, 0.2) is 0 Å². The molecule has 0 amide bonds. The van der Waals surface area contributed by atoms with E-state index < -0.39 is 0 Å². The van der Waals surface area contributed by atoms with Gasteiger partial charge in [-0.15, -0.1) is 11.3 Å². The normalized spacial score (nSPS) is 10.9. The van der Waals surface area contributed by atoms with E-state index in [1.807, 2.05) is 11.4 Å². The molecule has 2 rings (SSSR count). The highest BCUT2D eigenvalue weighted by Gasteiger charge is 2.09. The van der Waals surface area contributed by atoms with E-state index in [0.717, 1.165) is 10.1 Å². The lowest BCUT2D eigenvalue weighted by molar-refractivity contribution is 0.283. The Bertz CT molecular complexity index is 450. The number of benzene rings is 1. The Kier molecular flexibility index (Phi) is 2.15. The van der Waals surface area contributed by atoms with E-state index in [4.69, 9.17) is 16.7 Å². The van der Waals surface area contributed by atoms with Crippen LogP contribution in [-0.2, 0) is 6.61 Å². The first kappa shape index (κ1) is 8.81. The Morgan fingerprint density at radius 3 is 2.92 bits per heavy atom.